The van der Waals surface area contributed by atoms with Gasteiger partial charge in [0.2, 0.25) is 0 Å². The molecule has 5 heteroatoms. The Morgan fingerprint density at radius 2 is 1.95 bits per heavy atom. The van der Waals surface area contributed by atoms with E-state index in [1.54, 1.807) is 25.1 Å². The molecular weight excluding hydrogens is 276 g/mol. The van der Waals surface area contributed by atoms with Gasteiger partial charge in [-0.3, -0.25) is 4.79 Å². The van der Waals surface area contributed by atoms with Gasteiger partial charge < -0.3 is 16.2 Å². The number of nitrogens with one attached hydrogen (secondary N) is 1. The van der Waals surface area contributed by atoms with Gasteiger partial charge in [0.05, 0.1) is 16.4 Å². The summed E-state index contributed by atoms with van der Waals surface area (Å²) < 4.78 is 0. The molecular formula is C15H15ClN2O2. The summed E-state index contributed by atoms with van der Waals surface area (Å²) in [6, 6.07) is 8.19. The minimum atomic E-state index is -0.354. The summed E-state index contributed by atoms with van der Waals surface area (Å²) in [5.41, 5.74) is 8.42. The molecule has 0 bridgehead atoms. The normalized spacial score (nSPS) is 10.3. The van der Waals surface area contributed by atoms with E-state index in [2.05, 4.69) is 5.32 Å². The lowest BCUT2D eigenvalue weighted by atomic mass is 10.1. The van der Waals surface area contributed by atoms with Crippen molar-refractivity contribution >= 4 is 28.9 Å². The van der Waals surface area contributed by atoms with E-state index in [0.717, 1.165) is 5.56 Å². The Bertz CT molecular complexity index is 684. The van der Waals surface area contributed by atoms with Crippen LogP contribution in [0.4, 0.5) is 11.4 Å². The standard InChI is InChI=1S/C15H15ClN2O2/c1-8-5-9(2)14(19)13(6-8)18-15(20)10-3-4-12(17)11(16)7-10/h3-7,19H,17H2,1-2H3,(H,18,20). The number of rotatable bonds is 2. The van der Waals surface area contributed by atoms with Crippen molar-refractivity contribution in [2.75, 3.05) is 11.1 Å². The molecule has 0 aliphatic rings. The first-order valence-electron chi connectivity index (χ1n) is 6.05. The van der Waals surface area contributed by atoms with E-state index in [4.69, 9.17) is 17.3 Å². The molecule has 4 N–H and O–H groups in total. The first kappa shape index (κ1) is 14.2. The Morgan fingerprint density at radius 3 is 2.60 bits per heavy atom. The molecule has 104 valence electrons. The van der Waals surface area contributed by atoms with Crippen LogP contribution in [0.2, 0.25) is 5.02 Å². The predicted molar refractivity (Wildman–Crippen MR) is 81.4 cm³/mol. The van der Waals surface area contributed by atoms with Crippen LogP contribution in [-0.4, -0.2) is 11.0 Å². The Labute approximate surface area is 122 Å². The van der Waals surface area contributed by atoms with Crippen LogP contribution in [0.15, 0.2) is 30.3 Å². The molecule has 20 heavy (non-hydrogen) atoms. The molecule has 2 aromatic rings. The van der Waals surface area contributed by atoms with Crippen LogP contribution in [0.5, 0.6) is 5.75 Å². The van der Waals surface area contributed by atoms with Gasteiger partial charge in [-0.05, 0) is 49.2 Å². The zero-order chi connectivity index (χ0) is 14.9. The van der Waals surface area contributed by atoms with Gasteiger partial charge in [-0.25, -0.2) is 0 Å². The van der Waals surface area contributed by atoms with E-state index in [0.29, 0.717) is 27.5 Å². The number of nitrogens with two attached hydrogens (primary N) is 1. The van der Waals surface area contributed by atoms with Crippen LogP contribution in [-0.2, 0) is 0 Å². The highest BCUT2D eigenvalue weighted by Gasteiger charge is 2.12. The Morgan fingerprint density at radius 1 is 1.25 bits per heavy atom. The van der Waals surface area contributed by atoms with Gasteiger partial charge in [-0.15, -0.1) is 0 Å². The Kier molecular flexibility index (Phi) is 3.86. The summed E-state index contributed by atoms with van der Waals surface area (Å²) in [6.45, 7) is 3.67. The van der Waals surface area contributed by atoms with E-state index >= 15 is 0 Å². The van der Waals surface area contributed by atoms with Crippen LogP contribution in [0.3, 0.4) is 0 Å². The molecule has 0 atom stereocenters. The van der Waals surface area contributed by atoms with Gasteiger partial charge in [0.15, 0.2) is 0 Å². The fourth-order valence-corrected chi connectivity index (χ4v) is 2.10. The molecule has 4 nitrogen and oxygen atoms in total. The molecule has 0 unspecified atom stereocenters. The number of aryl methyl sites for hydroxylation is 2. The van der Waals surface area contributed by atoms with Crippen LogP contribution in [0, 0.1) is 13.8 Å². The fraction of sp³-hybridized carbons (Fsp3) is 0.133. The summed E-state index contributed by atoms with van der Waals surface area (Å²) in [7, 11) is 0. The maximum Gasteiger partial charge on any atom is 0.255 e. The number of hydrogen-bond donors (Lipinski definition) is 3. The van der Waals surface area contributed by atoms with E-state index in [-0.39, 0.29) is 11.7 Å². The van der Waals surface area contributed by atoms with Gasteiger partial charge in [0.1, 0.15) is 5.75 Å². The van der Waals surface area contributed by atoms with Gasteiger partial charge in [-0.1, -0.05) is 17.7 Å². The van der Waals surface area contributed by atoms with Crippen molar-refractivity contribution in [2.45, 2.75) is 13.8 Å². The molecule has 0 heterocycles. The molecule has 1 amide bonds. The SMILES string of the molecule is Cc1cc(C)c(O)c(NC(=O)c2ccc(N)c(Cl)c2)c1. The van der Waals surface area contributed by atoms with Crippen LogP contribution >= 0.6 is 11.6 Å². The van der Waals surface area contributed by atoms with Crippen molar-refractivity contribution < 1.29 is 9.90 Å². The van der Waals surface area contributed by atoms with Gasteiger partial charge in [0, 0.05) is 5.56 Å². The second kappa shape index (κ2) is 5.43. The molecule has 0 saturated carbocycles. The Balaban J connectivity index is 2.30. The first-order chi connectivity index (χ1) is 9.38. The van der Waals surface area contributed by atoms with Crippen molar-refractivity contribution in [3.8, 4) is 5.75 Å². The third-order valence-corrected chi connectivity index (χ3v) is 3.28. The molecule has 2 aromatic carbocycles. The van der Waals surface area contributed by atoms with Crippen molar-refractivity contribution in [3.05, 3.63) is 52.0 Å². The lowest BCUT2D eigenvalue weighted by Crippen LogP contribution is -2.12. The number of anilines is 2. The number of benzene rings is 2. The Hall–Kier alpha value is -2.20. The fourth-order valence-electron chi connectivity index (χ4n) is 1.92. The minimum absolute atomic E-state index is 0.0606. The molecule has 2 rings (SSSR count). The minimum Gasteiger partial charge on any atom is -0.505 e. The highest BCUT2D eigenvalue weighted by molar-refractivity contribution is 6.33. The number of amides is 1. The van der Waals surface area contributed by atoms with Crippen LogP contribution in [0.25, 0.3) is 0 Å². The molecule has 0 aromatic heterocycles. The predicted octanol–water partition coefficient (Wildman–Crippen LogP) is 3.50. The maximum absolute atomic E-state index is 12.1. The average Bonchev–Trinajstić information content (AvgIpc) is 2.38. The third kappa shape index (κ3) is 2.86. The summed E-state index contributed by atoms with van der Waals surface area (Å²) in [4.78, 5) is 12.1. The zero-order valence-electron chi connectivity index (χ0n) is 11.2. The number of carbonyl (C=O) groups excluding carboxylic acids is 1. The quantitative estimate of drug-likeness (QED) is 0.585. The molecule has 0 aliphatic heterocycles. The van der Waals surface area contributed by atoms with Gasteiger partial charge in [0.25, 0.3) is 5.91 Å². The molecule has 0 radical (unpaired) electrons. The summed E-state index contributed by atoms with van der Waals surface area (Å²) in [5.74, 6) is -0.294. The number of nitrogen functional groups attached to an aromatic ring is 1. The smallest absolute Gasteiger partial charge is 0.255 e. The third-order valence-electron chi connectivity index (χ3n) is 2.96. The molecule has 0 fully saturated rings. The number of hydrogen-bond acceptors (Lipinski definition) is 3. The van der Waals surface area contributed by atoms with E-state index in [1.807, 2.05) is 13.0 Å². The number of carbonyl (C=O) groups is 1. The highest BCUT2D eigenvalue weighted by Crippen LogP contribution is 2.29. The van der Waals surface area contributed by atoms with Crippen LogP contribution in [0.1, 0.15) is 21.5 Å². The second-order valence-electron chi connectivity index (χ2n) is 4.67. The van der Waals surface area contributed by atoms with E-state index in [9.17, 15) is 9.90 Å². The van der Waals surface area contributed by atoms with Gasteiger partial charge in [-0.2, -0.15) is 0 Å². The largest absolute Gasteiger partial charge is 0.505 e. The summed E-state index contributed by atoms with van der Waals surface area (Å²) in [6.07, 6.45) is 0. The summed E-state index contributed by atoms with van der Waals surface area (Å²) >= 11 is 5.89. The number of phenolic OH excluding ortho intramolecular Hbond substituents is 1. The lowest BCUT2D eigenvalue weighted by molar-refractivity contribution is 0.102. The van der Waals surface area contributed by atoms with E-state index < -0.39 is 0 Å². The monoisotopic (exact) mass is 290 g/mol. The van der Waals surface area contributed by atoms with Crippen molar-refractivity contribution in [1.82, 2.24) is 0 Å². The second-order valence-corrected chi connectivity index (χ2v) is 5.08. The van der Waals surface area contributed by atoms with Crippen molar-refractivity contribution in [1.29, 1.82) is 0 Å². The molecule has 0 saturated heterocycles. The van der Waals surface area contributed by atoms with Crippen molar-refractivity contribution in [2.24, 2.45) is 0 Å². The number of phenols is 1. The highest BCUT2D eigenvalue weighted by atomic mass is 35.5. The molecule has 0 aliphatic carbocycles. The lowest BCUT2D eigenvalue weighted by Gasteiger charge is -2.11. The number of halogens is 1. The van der Waals surface area contributed by atoms with Gasteiger partial charge >= 0.3 is 0 Å². The number of aromatic hydroxyl groups is 1. The maximum atomic E-state index is 12.1. The van der Waals surface area contributed by atoms with Crippen molar-refractivity contribution in [3.63, 3.8) is 0 Å². The first-order valence-corrected chi connectivity index (χ1v) is 6.43. The van der Waals surface area contributed by atoms with Crippen LogP contribution < -0.4 is 11.1 Å². The van der Waals surface area contributed by atoms with E-state index in [1.165, 1.54) is 6.07 Å². The topological polar surface area (TPSA) is 75.3 Å². The average molecular weight is 291 g/mol. The zero-order valence-corrected chi connectivity index (χ0v) is 12.0. The summed E-state index contributed by atoms with van der Waals surface area (Å²) in [5, 5.41) is 12.9. The molecule has 0 spiro atoms.